The van der Waals surface area contributed by atoms with Crippen LogP contribution in [-0.2, 0) is 4.79 Å². The first-order valence-corrected chi connectivity index (χ1v) is 8.64. The molecule has 0 aliphatic carbocycles. The van der Waals surface area contributed by atoms with Gasteiger partial charge in [-0.15, -0.1) is 0 Å². The van der Waals surface area contributed by atoms with Gasteiger partial charge in [0.15, 0.2) is 0 Å². The van der Waals surface area contributed by atoms with Crippen LogP contribution in [0.15, 0.2) is 12.2 Å². The molecule has 0 rings (SSSR count). The van der Waals surface area contributed by atoms with Crippen molar-refractivity contribution in [1.29, 1.82) is 0 Å². The molecule has 0 heterocycles. The Hall–Kier alpha value is 0.470. The average molecular weight is 325 g/mol. The minimum absolute atomic E-state index is 0. The second-order valence-corrected chi connectivity index (χ2v) is 5.73. The predicted molar refractivity (Wildman–Crippen MR) is 95.1 cm³/mol. The summed E-state index contributed by atoms with van der Waals surface area (Å²) < 4.78 is 0. The number of unbranched alkanes of at least 4 members (excludes halogenated alkanes) is 11. The zero-order valence-electron chi connectivity index (χ0n) is 16.1. The van der Waals surface area contributed by atoms with Crippen molar-refractivity contribution in [3.8, 4) is 0 Å². The van der Waals surface area contributed by atoms with E-state index in [1.54, 1.807) is 0 Å². The summed E-state index contributed by atoms with van der Waals surface area (Å²) >= 11 is 0. The third-order valence-electron chi connectivity index (χ3n) is 3.65. The van der Waals surface area contributed by atoms with Gasteiger partial charge in [-0.3, -0.25) is 4.79 Å². The Balaban J connectivity index is -0.000000602. The van der Waals surface area contributed by atoms with Crippen LogP contribution in [-0.4, -0.2) is 48.8 Å². The van der Waals surface area contributed by atoms with Crippen molar-refractivity contribution in [3.05, 3.63) is 12.2 Å². The molecule has 0 aromatic heterocycles. The summed E-state index contributed by atoms with van der Waals surface area (Å²) in [5.41, 5.74) is 0. The molecule has 0 radical (unpaired) electrons. The number of carboxylic acid groups (broad SMARTS) is 1. The van der Waals surface area contributed by atoms with Crippen molar-refractivity contribution in [2.45, 2.75) is 96.8 Å². The summed E-state index contributed by atoms with van der Waals surface area (Å²) in [6.07, 6.45) is 21.2. The first kappa shape index (κ1) is 23.7. The van der Waals surface area contributed by atoms with Crippen LogP contribution < -0.4 is 0 Å². The van der Waals surface area contributed by atoms with Crippen molar-refractivity contribution in [2.75, 3.05) is 0 Å². The largest absolute Gasteiger partial charge is 2.00 e. The van der Waals surface area contributed by atoms with E-state index >= 15 is 0 Å². The Labute approximate surface area is 164 Å². The Morgan fingerprint density at radius 1 is 0.810 bits per heavy atom. The van der Waals surface area contributed by atoms with E-state index in [9.17, 15) is 4.79 Å². The number of aliphatic carboxylic acids is 1. The van der Waals surface area contributed by atoms with E-state index < -0.39 is 5.97 Å². The van der Waals surface area contributed by atoms with Gasteiger partial charge < -0.3 is 7.96 Å². The van der Waals surface area contributed by atoms with E-state index in [0.29, 0.717) is 6.42 Å². The quantitative estimate of drug-likeness (QED) is 0.229. The monoisotopic (exact) mass is 324 g/mol. The summed E-state index contributed by atoms with van der Waals surface area (Å²) in [5, 5.41) is 8.51. The molecule has 1 N–H and O–H groups in total. The number of allylic oxidation sites excluding steroid dienone is 2. The third-order valence-corrected chi connectivity index (χ3v) is 3.65. The number of carbonyl (C=O) groups is 1. The molecule has 0 amide bonds. The van der Waals surface area contributed by atoms with E-state index in [-0.39, 0.29) is 40.6 Å². The Bertz CT molecular complexity index is 249. The van der Waals surface area contributed by atoms with Gasteiger partial charge in [-0.25, -0.2) is 0 Å². The van der Waals surface area contributed by atoms with Crippen molar-refractivity contribution < 1.29 is 12.8 Å². The van der Waals surface area contributed by atoms with Gasteiger partial charge in [-0.05, 0) is 32.1 Å². The fourth-order valence-corrected chi connectivity index (χ4v) is 2.35. The first-order chi connectivity index (χ1) is 9.77. The normalized spacial score (nSPS) is 10.7. The second kappa shape index (κ2) is 20.5. The molecule has 2 nitrogen and oxygen atoms in total. The predicted octanol–water partition coefficient (Wildman–Crippen LogP) is 5.95. The fraction of sp³-hybridized carbons (Fsp3) is 0.833. The zero-order valence-corrected chi connectivity index (χ0v) is 16.3. The molecule has 0 aliphatic rings. The Kier molecular flexibility index (Phi) is 23.1. The molecule has 0 atom stereocenters. The minimum Gasteiger partial charge on any atom is -1.00 e. The SMILES string of the molecule is CCCCCCCC/C=C/CCCCCCCC(=O)O.[Ca+2].[H-].[H-]. The maximum absolute atomic E-state index is 10.3. The number of hydrogen-bond donors (Lipinski definition) is 1. The van der Waals surface area contributed by atoms with Gasteiger partial charge in [0.2, 0.25) is 0 Å². The topological polar surface area (TPSA) is 37.3 Å². The molecule has 21 heavy (non-hydrogen) atoms. The van der Waals surface area contributed by atoms with Crippen molar-refractivity contribution >= 4 is 43.7 Å². The van der Waals surface area contributed by atoms with Crippen LogP contribution in [0.4, 0.5) is 0 Å². The first-order valence-electron chi connectivity index (χ1n) is 8.64. The molecule has 0 fully saturated rings. The number of hydrogen-bond acceptors (Lipinski definition) is 1. The third kappa shape index (κ3) is 22.9. The molecule has 0 spiro atoms. The van der Waals surface area contributed by atoms with Crippen LogP contribution in [0.1, 0.15) is 99.7 Å². The van der Waals surface area contributed by atoms with Crippen LogP contribution in [0.2, 0.25) is 0 Å². The van der Waals surface area contributed by atoms with E-state index in [0.717, 1.165) is 12.8 Å². The summed E-state index contributed by atoms with van der Waals surface area (Å²) in [6, 6.07) is 0. The van der Waals surface area contributed by atoms with Gasteiger partial charge in [0, 0.05) is 6.42 Å². The molecule has 3 heteroatoms. The van der Waals surface area contributed by atoms with Gasteiger partial charge in [-0.2, -0.15) is 0 Å². The summed E-state index contributed by atoms with van der Waals surface area (Å²) in [4.78, 5) is 10.3. The zero-order chi connectivity index (χ0) is 14.9. The minimum atomic E-state index is -0.664. The van der Waals surface area contributed by atoms with Gasteiger partial charge >= 0.3 is 43.7 Å². The van der Waals surface area contributed by atoms with Crippen LogP contribution in [0.25, 0.3) is 0 Å². The van der Waals surface area contributed by atoms with Gasteiger partial charge in [-0.1, -0.05) is 70.4 Å². The van der Waals surface area contributed by atoms with E-state index in [1.165, 1.54) is 70.6 Å². The van der Waals surface area contributed by atoms with Crippen LogP contribution in [0.5, 0.6) is 0 Å². The number of rotatable bonds is 15. The molecule has 0 unspecified atom stereocenters. The molecule has 0 aromatic rings. The molecular weight excluding hydrogens is 288 g/mol. The van der Waals surface area contributed by atoms with Gasteiger partial charge in [0.05, 0.1) is 0 Å². The smallest absolute Gasteiger partial charge is 1.00 e. The fourth-order valence-electron chi connectivity index (χ4n) is 2.35. The summed E-state index contributed by atoms with van der Waals surface area (Å²) in [5.74, 6) is -0.664. The molecule has 0 bridgehead atoms. The van der Waals surface area contributed by atoms with Crippen LogP contribution in [0, 0.1) is 0 Å². The molecule has 0 saturated carbocycles. The van der Waals surface area contributed by atoms with Gasteiger partial charge in [0.1, 0.15) is 0 Å². The van der Waals surface area contributed by atoms with Crippen LogP contribution in [0.3, 0.4) is 0 Å². The summed E-state index contributed by atoms with van der Waals surface area (Å²) in [7, 11) is 0. The van der Waals surface area contributed by atoms with E-state index in [1.807, 2.05) is 0 Å². The second-order valence-electron chi connectivity index (χ2n) is 5.73. The van der Waals surface area contributed by atoms with Crippen molar-refractivity contribution in [1.82, 2.24) is 0 Å². The van der Waals surface area contributed by atoms with Crippen LogP contribution >= 0.6 is 0 Å². The van der Waals surface area contributed by atoms with Crippen molar-refractivity contribution in [3.63, 3.8) is 0 Å². The molecule has 0 aliphatic heterocycles. The standard InChI is InChI=1S/C18H34O2.Ca.2H/c1-2-3-4-5-6-7-8-9-10-11-12-13-14-15-16-17-18(19)20;;;/h9-10H,2-8,11-17H2,1H3,(H,19,20);;;/q;+2;2*-1/b10-9+;;;. The summed E-state index contributed by atoms with van der Waals surface area (Å²) in [6.45, 7) is 2.26. The van der Waals surface area contributed by atoms with Gasteiger partial charge in [0.25, 0.3) is 0 Å². The maximum Gasteiger partial charge on any atom is 2.00 e. The number of carboxylic acids is 1. The van der Waals surface area contributed by atoms with E-state index in [2.05, 4.69) is 19.1 Å². The molecular formula is C18H36CaO2. The Morgan fingerprint density at radius 3 is 1.71 bits per heavy atom. The average Bonchev–Trinajstić information content (AvgIpc) is 2.43. The van der Waals surface area contributed by atoms with Crippen molar-refractivity contribution in [2.24, 2.45) is 0 Å². The van der Waals surface area contributed by atoms with E-state index in [4.69, 9.17) is 5.11 Å². The maximum atomic E-state index is 10.3. The molecule has 0 aromatic carbocycles. The molecule has 122 valence electrons. The molecule has 0 saturated heterocycles. The Morgan fingerprint density at radius 2 is 1.24 bits per heavy atom.